The first kappa shape index (κ1) is 11.1. The van der Waals surface area contributed by atoms with Crippen LogP contribution in [0.5, 0.6) is 0 Å². The predicted molar refractivity (Wildman–Crippen MR) is 64.9 cm³/mol. The zero-order valence-corrected chi connectivity index (χ0v) is 9.85. The van der Waals surface area contributed by atoms with Gasteiger partial charge in [0.05, 0.1) is 5.69 Å². The standard InChI is InChI=1S/C12H13FN2S/c1-2-4-10-8-12(16)15(14-10)11-6-3-5-9(13)7-11/h3,5-8,14H,2,4H2,1H3. The molecule has 0 spiro atoms. The summed E-state index contributed by atoms with van der Waals surface area (Å²) in [5, 5.41) is 3.17. The van der Waals surface area contributed by atoms with Crippen LogP contribution < -0.4 is 0 Å². The minimum absolute atomic E-state index is 0.258. The normalized spacial score (nSPS) is 10.6. The van der Waals surface area contributed by atoms with Crippen molar-refractivity contribution in [3.8, 4) is 5.69 Å². The minimum Gasteiger partial charge on any atom is -0.297 e. The maximum absolute atomic E-state index is 13.1. The molecule has 16 heavy (non-hydrogen) atoms. The molecule has 1 aromatic carbocycles. The lowest BCUT2D eigenvalue weighted by Crippen LogP contribution is -1.97. The average molecular weight is 236 g/mol. The number of aromatic nitrogens is 2. The molecule has 84 valence electrons. The molecule has 0 fully saturated rings. The highest BCUT2D eigenvalue weighted by Gasteiger charge is 2.02. The van der Waals surface area contributed by atoms with Gasteiger partial charge in [0.2, 0.25) is 0 Å². The highest BCUT2D eigenvalue weighted by Crippen LogP contribution is 2.12. The van der Waals surface area contributed by atoms with E-state index in [4.69, 9.17) is 12.2 Å². The monoisotopic (exact) mass is 236 g/mol. The molecule has 0 radical (unpaired) electrons. The van der Waals surface area contributed by atoms with Crippen LogP contribution in [0, 0.1) is 10.5 Å². The van der Waals surface area contributed by atoms with Crippen LogP contribution in [0.15, 0.2) is 30.3 Å². The molecule has 2 aromatic rings. The van der Waals surface area contributed by atoms with Crippen molar-refractivity contribution in [2.45, 2.75) is 19.8 Å². The van der Waals surface area contributed by atoms with Crippen LogP contribution >= 0.6 is 12.2 Å². The van der Waals surface area contributed by atoms with Crippen molar-refractivity contribution in [1.82, 2.24) is 9.78 Å². The topological polar surface area (TPSA) is 20.7 Å². The van der Waals surface area contributed by atoms with Gasteiger partial charge >= 0.3 is 0 Å². The average Bonchev–Trinajstić information content (AvgIpc) is 2.60. The molecule has 0 saturated heterocycles. The quantitative estimate of drug-likeness (QED) is 0.807. The largest absolute Gasteiger partial charge is 0.297 e. The number of H-pyrrole nitrogens is 1. The highest BCUT2D eigenvalue weighted by atomic mass is 32.1. The molecule has 0 amide bonds. The summed E-state index contributed by atoms with van der Waals surface area (Å²) in [7, 11) is 0. The first-order chi connectivity index (χ1) is 7.70. The summed E-state index contributed by atoms with van der Waals surface area (Å²) in [6.45, 7) is 2.11. The zero-order valence-electron chi connectivity index (χ0n) is 9.03. The Hall–Kier alpha value is -1.42. The molecular formula is C12H13FN2S. The number of hydrogen-bond donors (Lipinski definition) is 1. The summed E-state index contributed by atoms with van der Waals surface area (Å²) in [4.78, 5) is 0. The molecule has 0 aliphatic heterocycles. The lowest BCUT2D eigenvalue weighted by molar-refractivity contribution is 0.625. The Morgan fingerprint density at radius 2 is 2.19 bits per heavy atom. The van der Waals surface area contributed by atoms with Crippen LogP contribution in [0.4, 0.5) is 4.39 Å². The van der Waals surface area contributed by atoms with Gasteiger partial charge in [0.25, 0.3) is 0 Å². The number of nitrogens with zero attached hydrogens (tertiary/aromatic N) is 1. The summed E-state index contributed by atoms with van der Waals surface area (Å²) in [5.74, 6) is -0.258. The van der Waals surface area contributed by atoms with E-state index in [2.05, 4.69) is 12.0 Å². The van der Waals surface area contributed by atoms with E-state index in [9.17, 15) is 4.39 Å². The first-order valence-corrected chi connectivity index (χ1v) is 5.68. The van der Waals surface area contributed by atoms with Crippen LogP contribution in [0.2, 0.25) is 0 Å². The van der Waals surface area contributed by atoms with Gasteiger partial charge in [0.15, 0.2) is 0 Å². The third-order valence-electron chi connectivity index (χ3n) is 2.36. The van der Waals surface area contributed by atoms with Gasteiger partial charge in [-0.1, -0.05) is 31.6 Å². The second-order valence-electron chi connectivity index (χ2n) is 3.68. The summed E-state index contributed by atoms with van der Waals surface area (Å²) in [6.07, 6.45) is 2.00. The van der Waals surface area contributed by atoms with Gasteiger partial charge in [0, 0.05) is 5.69 Å². The van der Waals surface area contributed by atoms with E-state index in [1.807, 2.05) is 12.1 Å². The molecule has 4 heteroatoms. The Morgan fingerprint density at radius 3 is 2.88 bits per heavy atom. The summed E-state index contributed by atoms with van der Waals surface area (Å²) in [6, 6.07) is 8.30. The molecule has 2 nitrogen and oxygen atoms in total. The van der Waals surface area contributed by atoms with Crippen LogP contribution in [0.3, 0.4) is 0 Å². The molecule has 0 unspecified atom stereocenters. The van der Waals surface area contributed by atoms with Crippen LogP contribution in [-0.2, 0) is 6.42 Å². The number of halogens is 1. The van der Waals surface area contributed by atoms with Crippen molar-refractivity contribution in [3.05, 3.63) is 46.5 Å². The van der Waals surface area contributed by atoms with Crippen LogP contribution in [0.1, 0.15) is 19.0 Å². The third kappa shape index (κ3) is 2.22. The number of hydrogen-bond acceptors (Lipinski definition) is 1. The van der Waals surface area contributed by atoms with Gasteiger partial charge in [-0.3, -0.25) is 5.10 Å². The maximum Gasteiger partial charge on any atom is 0.127 e. The molecule has 0 aliphatic rings. The van der Waals surface area contributed by atoms with Crippen molar-refractivity contribution >= 4 is 12.2 Å². The van der Waals surface area contributed by atoms with E-state index in [0.29, 0.717) is 4.64 Å². The van der Waals surface area contributed by atoms with Gasteiger partial charge in [-0.15, -0.1) is 0 Å². The fourth-order valence-electron chi connectivity index (χ4n) is 1.65. The highest BCUT2D eigenvalue weighted by molar-refractivity contribution is 7.71. The van der Waals surface area contributed by atoms with Gasteiger partial charge in [0.1, 0.15) is 10.5 Å². The number of aromatic amines is 1. The summed E-state index contributed by atoms with van der Waals surface area (Å²) < 4.78 is 15.5. The van der Waals surface area contributed by atoms with Crippen LogP contribution in [0.25, 0.3) is 5.69 Å². The van der Waals surface area contributed by atoms with Gasteiger partial charge < -0.3 is 0 Å². The summed E-state index contributed by atoms with van der Waals surface area (Å²) in [5.41, 5.74) is 1.81. The first-order valence-electron chi connectivity index (χ1n) is 5.27. The smallest absolute Gasteiger partial charge is 0.127 e. The van der Waals surface area contributed by atoms with E-state index in [1.54, 1.807) is 10.7 Å². The van der Waals surface area contributed by atoms with E-state index >= 15 is 0 Å². The molecule has 0 aliphatic carbocycles. The maximum atomic E-state index is 13.1. The van der Waals surface area contributed by atoms with Crippen molar-refractivity contribution in [2.24, 2.45) is 0 Å². The minimum atomic E-state index is -0.258. The lowest BCUT2D eigenvalue weighted by Gasteiger charge is -2.02. The van der Waals surface area contributed by atoms with E-state index in [1.165, 1.54) is 12.1 Å². The number of aryl methyl sites for hydroxylation is 1. The van der Waals surface area contributed by atoms with E-state index in [-0.39, 0.29) is 5.82 Å². The summed E-state index contributed by atoms with van der Waals surface area (Å²) >= 11 is 5.22. The second kappa shape index (κ2) is 4.61. The van der Waals surface area contributed by atoms with Crippen molar-refractivity contribution in [3.63, 3.8) is 0 Å². The van der Waals surface area contributed by atoms with E-state index < -0.39 is 0 Å². The van der Waals surface area contributed by atoms with Crippen molar-refractivity contribution < 1.29 is 4.39 Å². The molecule has 1 heterocycles. The van der Waals surface area contributed by atoms with Crippen LogP contribution in [-0.4, -0.2) is 9.78 Å². The zero-order chi connectivity index (χ0) is 11.5. The molecule has 0 bridgehead atoms. The Balaban J connectivity index is 2.44. The Bertz CT molecular complexity index is 542. The fraction of sp³-hybridized carbons (Fsp3) is 0.250. The number of rotatable bonds is 3. The SMILES string of the molecule is CCCc1cc(=S)n(-c2cccc(F)c2)[nH]1. The second-order valence-corrected chi connectivity index (χ2v) is 4.10. The molecule has 1 aromatic heterocycles. The third-order valence-corrected chi connectivity index (χ3v) is 2.66. The van der Waals surface area contributed by atoms with Crippen molar-refractivity contribution in [2.75, 3.05) is 0 Å². The Kier molecular flexibility index (Phi) is 3.19. The fourth-order valence-corrected chi connectivity index (χ4v) is 1.94. The Morgan fingerprint density at radius 1 is 1.38 bits per heavy atom. The predicted octanol–water partition coefficient (Wildman–Crippen LogP) is 3.63. The molecule has 0 saturated carbocycles. The van der Waals surface area contributed by atoms with Crippen molar-refractivity contribution in [1.29, 1.82) is 0 Å². The lowest BCUT2D eigenvalue weighted by atomic mass is 10.3. The molecule has 2 rings (SSSR count). The number of benzene rings is 1. The molecule has 0 atom stereocenters. The number of nitrogens with one attached hydrogen (secondary N) is 1. The van der Waals surface area contributed by atoms with Gasteiger partial charge in [-0.05, 0) is 30.7 Å². The molecule has 1 N–H and O–H groups in total. The van der Waals surface area contributed by atoms with Gasteiger partial charge in [-0.2, -0.15) is 0 Å². The Labute approximate surface area is 98.7 Å². The molecular weight excluding hydrogens is 223 g/mol. The van der Waals surface area contributed by atoms with E-state index in [0.717, 1.165) is 24.2 Å². The van der Waals surface area contributed by atoms with Gasteiger partial charge in [-0.25, -0.2) is 9.07 Å².